The molecule has 142 valence electrons. The number of benzene rings is 2. The molecule has 0 aliphatic heterocycles. The molecule has 7 nitrogen and oxygen atoms in total. The van der Waals surface area contributed by atoms with Crippen LogP contribution in [-0.4, -0.2) is 31.1 Å². The molecule has 0 aliphatic carbocycles. The van der Waals surface area contributed by atoms with Gasteiger partial charge in [0.05, 0.1) is 37.2 Å². The molecule has 3 rings (SSSR count). The van der Waals surface area contributed by atoms with Gasteiger partial charge in [0, 0.05) is 17.6 Å². The van der Waals surface area contributed by atoms with Crippen molar-refractivity contribution in [2.45, 2.75) is 0 Å². The fourth-order valence-electron chi connectivity index (χ4n) is 2.52. The molecule has 28 heavy (non-hydrogen) atoms. The summed E-state index contributed by atoms with van der Waals surface area (Å²) in [5.41, 5.74) is 2.73. The van der Waals surface area contributed by atoms with Gasteiger partial charge in [-0.05, 0) is 48.5 Å². The Kier molecular flexibility index (Phi) is 5.86. The van der Waals surface area contributed by atoms with Gasteiger partial charge in [-0.1, -0.05) is 6.07 Å². The SMILES string of the molecule is COC(=O)c1cccc(NC(=O)c2cncc(Nc3ccc(OC)cc3)c2)c1. The van der Waals surface area contributed by atoms with E-state index in [2.05, 4.69) is 20.4 Å². The fourth-order valence-corrected chi connectivity index (χ4v) is 2.52. The number of carbonyl (C=O) groups is 2. The van der Waals surface area contributed by atoms with E-state index in [0.29, 0.717) is 22.5 Å². The van der Waals surface area contributed by atoms with Gasteiger partial charge in [-0.25, -0.2) is 4.79 Å². The van der Waals surface area contributed by atoms with Crippen LogP contribution in [0.5, 0.6) is 5.75 Å². The van der Waals surface area contributed by atoms with Gasteiger partial charge >= 0.3 is 5.97 Å². The summed E-state index contributed by atoms with van der Waals surface area (Å²) in [6, 6.07) is 15.6. The molecule has 0 atom stereocenters. The van der Waals surface area contributed by atoms with E-state index in [1.54, 1.807) is 43.6 Å². The number of nitrogens with one attached hydrogen (secondary N) is 2. The summed E-state index contributed by atoms with van der Waals surface area (Å²) in [4.78, 5) is 28.3. The summed E-state index contributed by atoms with van der Waals surface area (Å²) >= 11 is 0. The van der Waals surface area contributed by atoms with Gasteiger partial charge in [0.2, 0.25) is 0 Å². The first-order valence-corrected chi connectivity index (χ1v) is 8.45. The number of hydrogen-bond acceptors (Lipinski definition) is 6. The van der Waals surface area contributed by atoms with Gasteiger partial charge in [0.25, 0.3) is 5.91 Å². The van der Waals surface area contributed by atoms with Crippen molar-refractivity contribution in [3.8, 4) is 5.75 Å². The van der Waals surface area contributed by atoms with E-state index < -0.39 is 5.97 Å². The van der Waals surface area contributed by atoms with Gasteiger partial charge in [0.1, 0.15) is 5.75 Å². The second-order valence-corrected chi connectivity index (χ2v) is 5.84. The van der Waals surface area contributed by atoms with Gasteiger partial charge < -0.3 is 20.1 Å². The van der Waals surface area contributed by atoms with Gasteiger partial charge in [0.15, 0.2) is 0 Å². The zero-order valence-electron chi connectivity index (χ0n) is 15.4. The minimum atomic E-state index is -0.469. The third-order valence-corrected chi connectivity index (χ3v) is 3.92. The van der Waals surface area contributed by atoms with Gasteiger partial charge in [-0.3, -0.25) is 9.78 Å². The van der Waals surface area contributed by atoms with Crippen LogP contribution >= 0.6 is 0 Å². The van der Waals surface area contributed by atoms with Crippen LogP contribution in [0.1, 0.15) is 20.7 Å². The lowest BCUT2D eigenvalue weighted by molar-refractivity contribution is 0.0600. The Morgan fingerprint density at radius 2 is 1.61 bits per heavy atom. The van der Waals surface area contributed by atoms with Crippen LogP contribution in [0.15, 0.2) is 67.0 Å². The number of aromatic nitrogens is 1. The average molecular weight is 377 g/mol. The molecule has 0 fully saturated rings. The normalized spacial score (nSPS) is 10.1. The molecule has 0 bridgehead atoms. The minimum absolute atomic E-state index is 0.340. The molecule has 0 radical (unpaired) electrons. The molecule has 2 aromatic carbocycles. The summed E-state index contributed by atoms with van der Waals surface area (Å²) < 4.78 is 9.82. The second kappa shape index (κ2) is 8.68. The van der Waals surface area contributed by atoms with Crippen LogP contribution in [0, 0.1) is 0 Å². The quantitative estimate of drug-likeness (QED) is 0.634. The number of nitrogens with zero attached hydrogens (tertiary/aromatic N) is 1. The highest BCUT2D eigenvalue weighted by atomic mass is 16.5. The first kappa shape index (κ1) is 18.9. The van der Waals surface area contributed by atoms with Crippen LogP contribution in [0.4, 0.5) is 17.1 Å². The van der Waals surface area contributed by atoms with Crippen molar-refractivity contribution in [2.24, 2.45) is 0 Å². The molecule has 1 aromatic heterocycles. The molecular formula is C21H19N3O4. The zero-order chi connectivity index (χ0) is 19.9. The summed E-state index contributed by atoms with van der Waals surface area (Å²) in [7, 11) is 2.91. The Balaban J connectivity index is 1.72. The number of carbonyl (C=O) groups excluding carboxylic acids is 2. The fraction of sp³-hybridized carbons (Fsp3) is 0.0952. The minimum Gasteiger partial charge on any atom is -0.497 e. The first-order valence-electron chi connectivity index (χ1n) is 8.45. The van der Waals surface area contributed by atoms with E-state index in [4.69, 9.17) is 4.74 Å². The Morgan fingerprint density at radius 1 is 0.857 bits per heavy atom. The molecule has 0 spiro atoms. The number of esters is 1. The van der Waals surface area contributed by atoms with Crippen molar-refractivity contribution in [3.63, 3.8) is 0 Å². The smallest absolute Gasteiger partial charge is 0.337 e. The molecular weight excluding hydrogens is 358 g/mol. The van der Waals surface area contributed by atoms with Crippen molar-refractivity contribution < 1.29 is 19.1 Å². The van der Waals surface area contributed by atoms with Crippen molar-refractivity contribution in [3.05, 3.63) is 78.1 Å². The molecule has 0 saturated carbocycles. The number of methoxy groups -OCH3 is 2. The van der Waals surface area contributed by atoms with Crippen molar-refractivity contribution in [1.29, 1.82) is 0 Å². The number of rotatable bonds is 6. The van der Waals surface area contributed by atoms with Crippen molar-refractivity contribution in [1.82, 2.24) is 4.98 Å². The summed E-state index contributed by atoms with van der Waals surface area (Å²) in [5, 5.41) is 5.94. The largest absolute Gasteiger partial charge is 0.497 e. The predicted molar refractivity (Wildman–Crippen MR) is 106 cm³/mol. The van der Waals surface area contributed by atoms with Gasteiger partial charge in [-0.15, -0.1) is 0 Å². The monoisotopic (exact) mass is 377 g/mol. The Morgan fingerprint density at radius 3 is 2.32 bits per heavy atom. The molecule has 2 N–H and O–H groups in total. The van der Waals surface area contributed by atoms with Crippen LogP contribution in [-0.2, 0) is 4.74 Å². The maximum absolute atomic E-state index is 12.5. The maximum Gasteiger partial charge on any atom is 0.337 e. The number of ether oxygens (including phenoxy) is 2. The average Bonchev–Trinajstić information content (AvgIpc) is 2.74. The standard InChI is InChI=1S/C21H19N3O4/c1-27-19-8-6-16(7-9-19)23-18-11-15(12-22-13-18)20(25)24-17-5-3-4-14(10-17)21(26)28-2/h3-13,23H,1-2H3,(H,24,25). The number of anilines is 3. The van der Waals surface area contributed by atoms with Gasteiger partial charge in [-0.2, -0.15) is 0 Å². The summed E-state index contributed by atoms with van der Waals surface area (Å²) in [6.45, 7) is 0. The molecule has 0 aliphatic rings. The highest BCUT2D eigenvalue weighted by molar-refractivity contribution is 6.05. The lowest BCUT2D eigenvalue weighted by Crippen LogP contribution is -2.13. The number of amides is 1. The Labute approximate surface area is 162 Å². The van der Waals surface area contributed by atoms with E-state index in [9.17, 15) is 9.59 Å². The van der Waals surface area contributed by atoms with E-state index in [0.717, 1.165) is 11.4 Å². The number of hydrogen-bond donors (Lipinski definition) is 2. The summed E-state index contributed by atoms with van der Waals surface area (Å²) in [5.74, 6) is -0.0534. The highest BCUT2D eigenvalue weighted by Crippen LogP contribution is 2.20. The van der Waals surface area contributed by atoms with Crippen LogP contribution in [0.25, 0.3) is 0 Å². The van der Waals surface area contributed by atoms with Crippen molar-refractivity contribution in [2.75, 3.05) is 24.9 Å². The molecule has 7 heteroatoms. The number of pyridine rings is 1. The lowest BCUT2D eigenvalue weighted by Gasteiger charge is -2.10. The lowest BCUT2D eigenvalue weighted by atomic mass is 10.2. The van der Waals surface area contributed by atoms with E-state index in [1.807, 2.05) is 24.3 Å². The maximum atomic E-state index is 12.5. The Hall–Kier alpha value is -3.87. The Bertz CT molecular complexity index is 987. The second-order valence-electron chi connectivity index (χ2n) is 5.84. The molecule has 1 heterocycles. The van der Waals surface area contributed by atoms with Crippen LogP contribution in [0.3, 0.4) is 0 Å². The first-order chi connectivity index (χ1) is 13.6. The molecule has 0 saturated heterocycles. The van der Waals surface area contributed by atoms with Crippen LogP contribution < -0.4 is 15.4 Å². The van der Waals surface area contributed by atoms with E-state index in [1.165, 1.54) is 13.3 Å². The third kappa shape index (κ3) is 4.64. The van der Waals surface area contributed by atoms with Crippen LogP contribution in [0.2, 0.25) is 0 Å². The zero-order valence-corrected chi connectivity index (χ0v) is 15.4. The third-order valence-electron chi connectivity index (χ3n) is 3.92. The van der Waals surface area contributed by atoms with Crippen molar-refractivity contribution >= 4 is 28.9 Å². The molecule has 0 unspecified atom stereocenters. The summed E-state index contributed by atoms with van der Waals surface area (Å²) in [6.07, 6.45) is 3.09. The molecule has 3 aromatic rings. The molecule has 1 amide bonds. The highest BCUT2D eigenvalue weighted by Gasteiger charge is 2.10. The predicted octanol–water partition coefficient (Wildman–Crippen LogP) is 3.87. The topological polar surface area (TPSA) is 89.5 Å². The van der Waals surface area contributed by atoms with E-state index in [-0.39, 0.29) is 5.91 Å². The van der Waals surface area contributed by atoms with E-state index >= 15 is 0 Å².